The Kier molecular flexibility index (Phi) is 9.00. The van der Waals surface area contributed by atoms with E-state index in [2.05, 4.69) is 23.3 Å². The second-order valence-electron chi connectivity index (χ2n) is 5.71. The third-order valence-electron chi connectivity index (χ3n) is 2.71. The molecular formula is C13H28N2O4S. The topological polar surface area (TPSA) is 75.7 Å². The number of likely N-dealkylation sites (N-methyl/N-ethyl adjacent to an activating group) is 1. The van der Waals surface area contributed by atoms with E-state index in [1.807, 2.05) is 19.0 Å². The van der Waals surface area contributed by atoms with Gasteiger partial charge in [0.1, 0.15) is 0 Å². The summed E-state index contributed by atoms with van der Waals surface area (Å²) in [5.74, 6) is -0.0191. The smallest absolute Gasteiger partial charge is 0.305 e. The molecule has 0 saturated heterocycles. The first-order chi connectivity index (χ1) is 9.16. The summed E-state index contributed by atoms with van der Waals surface area (Å²) >= 11 is 0. The Morgan fingerprint density at radius 1 is 1.30 bits per heavy atom. The first kappa shape index (κ1) is 19.3. The van der Waals surface area contributed by atoms with Gasteiger partial charge in [-0.1, -0.05) is 13.8 Å². The Hall–Kier alpha value is -0.660. The largest absolute Gasteiger partial charge is 0.469 e. The molecule has 120 valence electrons. The van der Waals surface area contributed by atoms with E-state index in [0.717, 1.165) is 6.42 Å². The summed E-state index contributed by atoms with van der Waals surface area (Å²) in [5, 5.41) is 0. The molecule has 0 fully saturated rings. The molecule has 0 radical (unpaired) electrons. The first-order valence-corrected chi connectivity index (χ1v) is 8.53. The lowest BCUT2D eigenvalue weighted by molar-refractivity contribution is -0.140. The number of esters is 1. The fourth-order valence-corrected chi connectivity index (χ4v) is 3.31. The van der Waals surface area contributed by atoms with Crippen LogP contribution in [0.1, 0.15) is 33.1 Å². The summed E-state index contributed by atoms with van der Waals surface area (Å²) in [7, 11) is 1.77. The van der Waals surface area contributed by atoms with Gasteiger partial charge in [0.05, 0.1) is 12.9 Å². The third kappa shape index (κ3) is 10.2. The maximum absolute atomic E-state index is 12.0. The summed E-state index contributed by atoms with van der Waals surface area (Å²) in [5.41, 5.74) is 0. The Bertz CT molecular complexity index is 370. The monoisotopic (exact) mass is 308 g/mol. The highest BCUT2D eigenvalue weighted by molar-refractivity contribution is 7.89. The van der Waals surface area contributed by atoms with Crippen molar-refractivity contribution < 1.29 is 17.9 Å². The molecule has 20 heavy (non-hydrogen) atoms. The van der Waals surface area contributed by atoms with Gasteiger partial charge in [0.15, 0.2) is 0 Å². The van der Waals surface area contributed by atoms with Gasteiger partial charge in [-0.05, 0) is 32.9 Å². The molecular weight excluding hydrogens is 280 g/mol. The molecule has 7 heteroatoms. The molecule has 1 N–H and O–H groups in total. The number of nitrogens with zero attached hydrogens (tertiary/aromatic N) is 1. The van der Waals surface area contributed by atoms with Crippen LogP contribution in [0, 0.1) is 5.92 Å². The average Bonchev–Trinajstić information content (AvgIpc) is 2.25. The third-order valence-corrected chi connectivity index (χ3v) is 4.23. The number of carbonyl (C=O) groups is 1. The lowest BCUT2D eigenvalue weighted by atomic mass is 10.0. The van der Waals surface area contributed by atoms with Crippen LogP contribution in [0.5, 0.6) is 0 Å². The number of methoxy groups -OCH3 is 1. The van der Waals surface area contributed by atoms with E-state index in [0.29, 0.717) is 12.5 Å². The van der Waals surface area contributed by atoms with Crippen LogP contribution in [0.4, 0.5) is 0 Å². The molecule has 0 heterocycles. The average molecular weight is 308 g/mol. The van der Waals surface area contributed by atoms with Crippen LogP contribution in [0.25, 0.3) is 0 Å². The van der Waals surface area contributed by atoms with Crippen LogP contribution in [-0.2, 0) is 19.6 Å². The second kappa shape index (κ2) is 9.31. The fraction of sp³-hybridized carbons (Fsp3) is 0.923. The molecule has 0 spiro atoms. The number of hydrogen-bond donors (Lipinski definition) is 1. The maximum atomic E-state index is 12.0. The maximum Gasteiger partial charge on any atom is 0.305 e. The SMILES string of the molecule is COC(=O)CCCS(=O)(=O)NC(CC(C)C)CN(C)C. The molecule has 0 aromatic carbocycles. The number of sulfonamides is 1. The van der Waals surface area contributed by atoms with Gasteiger partial charge < -0.3 is 9.64 Å². The number of ether oxygens (including phenoxy) is 1. The predicted octanol–water partition coefficient (Wildman–Crippen LogP) is 0.835. The summed E-state index contributed by atoms with van der Waals surface area (Å²) in [4.78, 5) is 12.9. The Morgan fingerprint density at radius 3 is 2.35 bits per heavy atom. The molecule has 1 unspecified atom stereocenters. The van der Waals surface area contributed by atoms with E-state index < -0.39 is 10.0 Å². The van der Waals surface area contributed by atoms with E-state index in [-0.39, 0.29) is 30.6 Å². The van der Waals surface area contributed by atoms with Crippen LogP contribution < -0.4 is 4.72 Å². The zero-order valence-corrected chi connectivity index (χ0v) is 14.0. The Morgan fingerprint density at radius 2 is 1.90 bits per heavy atom. The van der Waals surface area contributed by atoms with E-state index >= 15 is 0 Å². The molecule has 0 amide bonds. The standard InChI is InChI=1S/C13H28N2O4S/c1-11(2)9-12(10-15(3)4)14-20(17,18)8-6-7-13(16)19-5/h11-12,14H,6-10H2,1-5H3. The molecule has 0 aromatic rings. The van der Waals surface area contributed by atoms with Gasteiger partial charge in [0.2, 0.25) is 10.0 Å². The van der Waals surface area contributed by atoms with Crippen LogP contribution in [0.2, 0.25) is 0 Å². The van der Waals surface area contributed by atoms with E-state index in [4.69, 9.17) is 0 Å². The van der Waals surface area contributed by atoms with Crippen LogP contribution in [0.15, 0.2) is 0 Å². The quantitative estimate of drug-likeness (QED) is 0.605. The highest BCUT2D eigenvalue weighted by Gasteiger charge is 2.19. The minimum Gasteiger partial charge on any atom is -0.469 e. The number of rotatable bonds is 10. The highest BCUT2D eigenvalue weighted by Crippen LogP contribution is 2.08. The van der Waals surface area contributed by atoms with Gasteiger partial charge in [-0.3, -0.25) is 4.79 Å². The molecule has 0 aliphatic carbocycles. The Balaban J connectivity index is 4.39. The molecule has 0 aliphatic heterocycles. The van der Waals surface area contributed by atoms with Gasteiger partial charge in [-0.15, -0.1) is 0 Å². The highest BCUT2D eigenvalue weighted by atomic mass is 32.2. The molecule has 6 nitrogen and oxygen atoms in total. The normalized spacial score (nSPS) is 13.8. The predicted molar refractivity (Wildman–Crippen MR) is 80.0 cm³/mol. The van der Waals surface area contributed by atoms with Crippen molar-refractivity contribution in [3.8, 4) is 0 Å². The van der Waals surface area contributed by atoms with Gasteiger partial charge >= 0.3 is 5.97 Å². The summed E-state index contributed by atoms with van der Waals surface area (Å²) in [6, 6.07) is -0.104. The van der Waals surface area contributed by atoms with Gasteiger partial charge in [-0.25, -0.2) is 13.1 Å². The summed E-state index contributed by atoms with van der Waals surface area (Å²) in [6.45, 7) is 4.79. The van der Waals surface area contributed by atoms with Gasteiger partial charge in [0, 0.05) is 19.0 Å². The lowest BCUT2D eigenvalue weighted by Crippen LogP contribution is -2.43. The zero-order chi connectivity index (χ0) is 15.8. The molecule has 0 rings (SSSR count). The lowest BCUT2D eigenvalue weighted by Gasteiger charge is -2.23. The number of hydrogen-bond acceptors (Lipinski definition) is 5. The molecule has 1 atom stereocenters. The van der Waals surface area contributed by atoms with Gasteiger partial charge in [-0.2, -0.15) is 0 Å². The van der Waals surface area contributed by atoms with E-state index in [1.165, 1.54) is 7.11 Å². The van der Waals surface area contributed by atoms with Gasteiger partial charge in [0.25, 0.3) is 0 Å². The summed E-state index contributed by atoms with van der Waals surface area (Å²) < 4.78 is 31.2. The van der Waals surface area contributed by atoms with Crippen LogP contribution >= 0.6 is 0 Å². The van der Waals surface area contributed by atoms with Crippen molar-refractivity contribution in [3.63, 3.8) is 0 Å². The van der Waals surface area contributed by atoms with Crippen molar-refractivity contribution in [3.05, 3.63) is 0 Å². The molecule has 0 saturated carbocycles. The van der Waals surface area contributed by atoms with Crippen LogP contribution in [-0.4, -0.2) is 58.8 Å². The van der Waals surface area contributed by atoms with Crippen molar-refractivity contribution >= 4 is 16.0 Å². The molecule has 0 aliphatic rings. The molecule has 0 bridgehead atoms. The van der Waals surface area contributed by atoms with Crippen molar-refractivity contribution in [1.82, 2.24) is 9.62 Å². The first-order valence-electron chi connectivity index (χ1n) is 6.87. The second-order valence-corrected chi connectivity index (χ2v) is 7.58. The number of carbonyl (C=O) groups excluding carboxylic acids is 1. The van der Waals surface area contributed by atoms with Crippen molar-refractivity contribution in [1.29, 1.82) is 0 Å². The zero-order valence-electron chi connectivity index (χ0n) is 13.2. The van der Waals surface area contributed by atoms with Crippen molar-refractivity contribution in [2.45, 2.75) is 39.2 Å². The van der Waals surface area contributed by atoms with Crippen LogP contribution in [0.3, 0.4) is 0 Å². The molecule has 0 aromatic heterocycles. The Labute approximate surface area is 122 Å². The summed E-state index contributed by atoms with van der Waals surface area (Å²) in [6.07, 6.45) is 1.19. The minimum absolute atomic E-state index is 0.0515. The number of nitrogens with one attached hydrogen (secondary N) is 1. The fourth-order valence-electron chi connectivity index (χ4n) is 1.99. The van der Waals surface area contributed by atoms with Crippen molar-refractivity contribution in [2.24, 2.45) is 5.92 Å². The minimum atomic E-state index is -3.36. The van der Waals surface area contributed by atoms with Crippen molar-refractivity contribution in [2.75, 3.05) is 33.5 Å². The van der Waals surface area contributed by atoms with E-state index in [1.54, 1.807) is 0 Å². The van der Waals surface area contributed by atoms with E-state index in [9.17, 15) is 13.2 Å².